The third kappa shape index (κ3) is 4.87. The Kier molecular flexibility index (Phi) is 6.34. The highest BCUT2D eigenvalue weighted by Crippen LogP contribution is 2.30. The van der Waals surface area contributed by atoms with Crippen LogP contribution in [-0.4, -0.2) is 6.04 Å². The van der Waals surface area contributed by atoms with E-state index in [1.165, 1.54) is 21.6 Å². The second-order valence-corrected chi connectivity index (χ2v) is 7.27. The molecule has 0 heterocycles. The van der Waals surface area contributed by atoms with Gasteiger partial charge in [-0.05, 0) is 54.7 Å². The number of thioether (sulfide) groups is 1. The maximum atomic E-state index is 6.13. The van der Waals surface area contributed by atoms with Crippen LogP contribution in [0.1, 0.15) is 30.0 Å². The fourth-order valence-electron chi connectivity index (χ4n) is 2.20. The number of hydrogen-bond acceptors (Lipinski definition) is 2. The summed E-state index contributed by atoms with van der Waals surface area (Å²) >= 11 is 5.46. The third-order valence-corrected chi connectivity index (χ3v) is 5.33. The summed E-state index contributed by atoms with van der Waals surface area (Å²) in [6.45, 7) is 4.31. The summed E-state index contributed by atoms with van der Waals surface area (Å²) in [6.07, 6.45) is 1.94. The van der Waals surface area contributed by atoms with Gasteiger partial charge in [-0.25, -0.2) is 0 Å². The first kappa shape index (κ1) is 16.6. The van der Waals surface area contributed by atoms with E-state index in [4.69, 9.17) is 5.73 Å². The van der Waals surface area contributed by atoms with Crippen LogP contribution in [0.5, 0.6) is 0 Å². The van der Waals surface area contributed by atoms with E-state index in [1.54, 1.807) is 0 Å². The first-order valence-electron chi connectivity index (χ1n) is 7.31. The summed E-state index contributed by atoms with van der Waals surface area (Å²) in [6, 6.07) is 15.3. The predicted molar refractivity (Wildman–Crippen MR) is 96.9 cm³/mol. The van der Waals surface area contributed by atoms with Gasteiger partial charge in [0.2, 0.25) is 0 Å². The van der Waals surface area contributed by atoms with Crippen LogP contribution >= 0.6 is 27.7 Å². The van der Waals surface area contributed by atoms with Crippen molar-refractivity contribution >= 4 is 27.7 Å². The molecule has 0 bridgehead atoms. The third-order valence-electron chi connectivity index (χ3n) is 3.67. The SMILES string of the molecule is CCC(N)Cc1cc(Br)ccc1SCc1ccccc1C. The summed E-state index contributed by atoms with van der Waals surface area (Å²) < 4.78 is 1.13. The molecule has 2 aromatic carbocycles. The van der Waals surface area contributed by atoms with Crippen molar-refractivity contribution in [2.75, 3.05) is 0 Å². The zero-order valence-electron chi connectivity index (χ0n) is 12.6. The van der Waals surface area contributed by atoms with Crippen molar-refractivity contribution in [3.05, 3.63) is 63.6 Å². The second kappa shape index (κ2) is 8.02. The van der Waals surface area contributed by atoms with E-state index >= 15 is 0 Å². The molecule has 3 heteroatoms. The minimum absolute atomic E-state index is 0.233. The van der Waals surface area contributed by atoms with Crippen LogP contribution in [0, 0.1) is 6.92 Å². The molecule has 2 N–H and O–H groups in total. The van der Waals surface area contributed by atoms with E-state index in [1.807, 2.05) is 11.8 Å². The van der Waals surface area contributed by atoms with Crippen LogP contribution in [0.15, 0.2) is 51.8 Å². The van der Waals surface area contributed by atoms with Crippen LogP contribution in [0.3, 0.4) is 0 Å². The quantitative estimate of drug-likeness (QED) is 0.701. The monoisotopic (exact) mass is 363 g/mol. The van der Waals surface area contributed by atoms with E-state index < -0.39 is 0 Å². The number of nitrogens with two attached hydrogens (primary N) is 1. The highest BCUT2D eigenvalue weighted by atomic mass is 79.9. The average Bonchev–Trinajstić information content (AvgIpc) is 2.48. The molecule has 2 aromatic rings. The van der Waals surface area contributed by atoms with Gasteiger partial charge in [0.05, 0.1) is 0 Å². The van der Waals surface area contributed by atoms with Crippen LogP contribution in [-0.2, 0) is 12.2 Å². The smallest absolute Gasteiger partial charge is 0.0234 e. The van der Waals surface area contributed by atoms with E-state index in [9.17, 15) is 0 Å². The Balaban J connectivity index is 2.14. The fraction of sp³-hybridized carbons (Fsp3) is 0.333. The first-order valence-corrected chi connectivity index (χ1v) is 9.09. The molecule has 0 aliphatic rings. The normalized spacial score (nSPS) is 12.4. The molecule has 0 saturated heterocycles. The molecule has 0 amide bonds. The van der Waals surface area contributed by atoms with Crippen molar-refractivity contribution in [3.8, 4) is 0 Å². The van der Waals surface area contributed by atoms with Gasteiger partial charge < -0.3 is 5.73 Å². The molecule has 1 nitrogen and oxygen atoms in total. The molecule has 1 atom stereocenters. The molecule has 1 unspecified atom stereocenters. The molecule has 112 valence electrons. The number of benzene rings is 2. The minimum Gasteiger partial charge on any atom is -0.327 e. The fourth-order valence-corrected chi connectivity index (χ4v) is 3.74. The summed E-state index contributed by atoms with van der Waals surface area (Å²) in [5, 5.41) is 0. The molecular weight excluding hydrogens is 342 g/mol. The molecule has 0 aromatic heterocycles. The molecule has 0 aliphatic heterocycles. The van der Waals surface area contributed by atoms with Crippen molar-refractivity contribution in [2.45, 2.75) is 43.4 Å². The lowest BCUT2D eigenvalue weighted by molar-refractivity contribution is 0.641. The number of hydrogen-bond donors (Lipinski definition) is 1. The van der Waals surface area contributed by atoms with Gasteiger partial charge >= 0.3 is 0 Å². The van der Waals surface area contributed by atoms with Crippen LogP contribution < -0.4 is 5.73 Å². The lowest BCUT2D eigenvalue weighted by Gasteiger charge is -2.14. The van der Waals surface area contributed by atoms with Crippen molar-refractivity contribution in [1.82, 2.24) is 0 Å². The topological polar surface area (TPSA) is 26.0 Å². The molecule has 0 fully saturated rings. The average molecular weight is 364 g/mol. The maximum Gasteiger partial charge on any atom is 0.0234 e. The van der Waals surface area contributed by atoms with E-state index in [2.05, 4.69) is 72.2 Å². The summed E-state index contributed by atoms with van der Waals surface area (Å²) in [7, 11) is 0. The Hall–Kier alpha value is -0.770. The van der Waals surface area contributed by atoms with Crippen molar-refractivity contribution in [3.63, 3.8) is 0 Å². The molecule has 0 aliphatic carbocycles. The van der Waals surface area contributed by atoms with Gasteiger partial charge in [-0.1, -0.05) is 47.1 Å². The van der Waals surface area contributed by atoms with Crippen LogP contribution in [0.2, 0.25) is 0 Å². The highest BCUT2D eigenvalue weighted by molar-refractivity contribution is 9.10. The number of aryl methyl sites for hydroxylation is 1. The van der Waals surface area contributed by atoms with Crippen LogP contribution in [0.4, 0.5) is 0 Å². The van der Waals surface area contributed by atoms with Gasteiger partial charge in [0, 0.05) is 21.2 Å². The Morgan fingerprint density at radius 3 is 2.62 bits per heavy atom. The van der Waals surface area contributed by atoms with Gasteiger partial charge in [0.1, 0.15) is 0 Å². The second-order valence-electron chi connectivity index (χ2n) is 5.34. The molecule has 21 heavy (non-hydrogen) atoms. The van der Waals surface area contributed by atoms with Crippen molar-refractivity contribution in [1.29, 1.82) is 0 Å². The molecule has 2 rings (SSSR count). The maximum absolute atomic E-state index is 6.13. The Morgan fingerprint density at radius 1 is 1.14 bits per heavy atom. The molecular formula is C18H22BrNS. The molecule has 0 spiro atoms. The van der Waals surface area contributed by atoms with E-state index in [0.29, 0.717) is 0 Å². The van der Waals surface area contributed by atoms with Gasteiger partial charge in [-0.3, -0.25) is 0 Å². The van der Waals surface area contributed by atoms with Gasteiger partial charge in [0.25, 0.3) is 0 Å². The van der Waals surface area contributed by atoms with Gasteiger partial charge in [0.15, 0.2) is 0 Å². The zero-order valence-corrected chi connectivity index (χ0v) is 15.0. The molecule has 0 saturated carbocycles. The van der Waals surface area contributed by atoms with Crippen LogP contribution in [0.25, 0.3) is 0 Å². The number of halogens is 1. The summed E-state index contributed by atoms with van der Waals surface area (Å²) in [4.78, 5) is 1.34. The zero-order chi connectivity index (χ0) is 15.2. The summed E-state index contributed by atoms with van der Waals surface area (Å²) in [5.41, 5.74) is 10.2. The van der Waals surface area contributed by atoms with Crippen molar-refractivity contribution in [2.24, 2.45) is 5.73 Å². The first-order chi connectivity index (χ1) is 10.1. The van der Waals surface area contributed by atoms with Crippen molar-refractivity contribution < 1.29 is 0 Å². The van der Waals surface area contributed by atoms with Gasteiger partial charge in [-0.15, -0.1) is 11.8 Å². The Labute approximate surface area is 140 Å². The summed E-state index contributed by atoms with van der Waals surface area (Å²) in [5.74, 6) is 1.00. The lowest BCUT2D eigenvalue weighted by atomic mass is 10.1. The highest BCUT2D eigenvalue weighted by Gasteiger charge is 2.09. The Morgan fingerprint density at radius 2 is 1.90 bits per heavy atom. The number of rotatable bonds is 6. The van der Waals surface area contributed by atoms with Gasteiger partial charge in [-0.2, -0.15) is 0 Å². The standard InChI is InChI=1S/C18H22BrNS/c1-3-17(20)11-15-10-16(19)8-9-18(15)21-12-14-7-5-4-6-13(14)2/h4-10,17H,3,11-12,20H2,1-2H3. The lowest BCUT2D eigenvalue weighted by Crippen LogP contribution is -2.21. The van der Waals surface area contributed by atoms with E-state index in [0.717, 1.165) is 23.1 Å². The minimum atomic E-state index is 0.233. The Bertz CT molecular complexity index is 598. The van der Waals surface area contributed by atoms with E-state index in [-0.39, 0.29) is 6.04 Å². The largest absolute Gasteiger partial charge is 0.327 e. The molecule has 0 radical (unpaired) electrons. The predicted octanol–water partition coefficient (Wildman–Crippen LogP) is 5.33.